The second-order valence-electron chi connectivity index (χ2n) is 35.8. The van der Waals surface area contributed by atoms with Crippen LogP contribution in [0.25, 0.3) is 61.9 Å². The first-order valence-electron chi connectivity index (χ1n) is 35.0. The molecule has 0 atom stereocenters. The Labute approximate surface area is 624 Å². The van der Waals surface area contributed by atoms with Crippen molar-refractivity contribution >= 4 is 138 Å². The van der Waals surface area contributed by atoms with Gasteiger partial charge < -0.3 is 26.6 Å². The van der Waals surface area contributed by atoms with Gasteiger partial charge >= 0.3 is 0 Å². The molecule has 0 amide bonds. The van der Waals surface area contributed by atoms with Crippen LogP contribution in [0.2, 0.25) is 118 Å². The van der Waals surface area contributed by atoms with Crippen LogP contribution in [0.5, 0.6) is 0 Å². The monoisotopic (exact) mass is 1540 g/mol. The second-order valence-corrected chi connectivity index (χ2v) is 70.1. The molecule has 0 bridgehead atoms. The Hall–Kier alpha value is -2.56. The number of hydrogen-bond acceptors (Lipinski definition) is 12. The van der Waals surface area contributed by atoms with Crippen molar-refractivity contribution in [1.82, 2.24) is 0 Å². The molecule has 0 spiro atoms. The number of thiophene rings is 6. The maximum atomic E-state index is 6.80. The Morgan fingerprint density at radius 2 is 0.418 bits per heavy atom. The largest absolute Gasteiger partial charge is 0.409 e. The third-order valence-corrected chi connectivity index (χ3v) is 29.2. The summed E-state index contributed by atoms with van der Waals surface area (Å²) in [6, 6.07) is 32.3. The minimum Gasteiger partial charge on any atom is -0.409 e. The molecule has 9 aromatic rings. The topological polar surface area (TPSA) is 55.4 Å². The highest BCUT2D eigenvalue weighted by atomic mass is 32.1. The lowest BCUT2D eigenvalue weighted by atomic mass is 9.83. The van der Waals surface area contributed by atoms with E-state index in [-0.39, 0.29) is 11.2 Å². The fourth-order valence-corrected chi connectivity index (χ4v) is 30.3. The summed E-state index contributed by atoms with van der Waals surface area (Å²) in [4.78, 5) is 13.1. The zero-order chi connectivity index (χ0) is 74.2. The standard InChI is InChI=1S/2C28H42O2S2Si2.C24H38O2S2Si2/c2*1-19-13-15-25(31-19)21-17-24(28(5,6)30-34(10,11)12)22(26-16-14-20(2)32-26)18-23(21)27(3,4)29-33(7,8)9;1-15-13-17-19(23(3,4)25-29(7,8)9)22-18(14-16(2)28-22)20(21(17)27-15)24(5,6)26-30(10,11)12/h2*13-18H,1-12H3;13-14H,1-12H3. The SMILES string of the molecule is Cc1cc2c(C(C)(C)O[Si](C)(C)C)c3sc(C)cc3c(C(C)(C)O[Si](C)(C)C)c2s1.Cc1ccc(-c2cc(C(C)(C)O[Si](C)(C)C)c(-c3ccc(C)s3)cc2C(C)(C)O[Si](C)(C)C)s1.Cc1ccc(-c2cc(C(C)(C)O[Si](C)(C)C)c(-c3ccc(C)s3)cc2C(C)(C)O[Si](C)(C)C)s1. The average molecular weight is 1540 g/mol. The number of hydrogen-bond donors (Lipinski definition) is 0. The highest BCUT2D eigenvalue weighted by Gasteiger charge is 2.42. The number of aryl methyl sites for hydroxylation is 6. The van der Waals surface area contributed by atoms with Crippen molar-refractivity contribution in [3.63, 3.8) is 0 Å². The van der Waals surface area contributed by atoms with Crippen LogP contribution in [-0.4, -0.2) is 49.9 Å². The maximum Gasteiger partial charge on any atom is 0.184 e. The van der Waals surface area contributed by atoms with E-state index in [9.17, 15) is 0 Å². The lowest BCUT2D eigenvalue weighted by Crippen LogP contribution is -2.38. The van der Waals surface area contributed by atoms with Crippen molar-refractivity contribution in [2.75, 3.05) is 0 Å². The molecule has 0 aliphatic carbocycles. The Morgan fingerprint density at radius 1 is 0.235 bits per heavy atom. The van der Waals surface area contributed by atoms with Crippen LogP contribution >= 0.6 is 68.0 Å². The van der Waals surface area contributed by atoms with Crippen molar-refractivity contribution in [3.05, 3.63) is 148 Å². The fourth-order valence-electron chi connectivity index (χ4n) is 14.5. The molecule has 6 aromatic heterocycles. The molecule has 0 saturated heterocycles. The van der Waals surface area contributed by atoms with Gasteiger partial charge in [-0.15, -0.1) is 68.0 Å². The van der Waals surface area contributed by atoms with Crippen molar-refractivity contribution in [1.29, 1.82) is 0 Å². The van der Waals surface area contributed by atoms with Crippen LogP contribution in [0.3, 0.4) is 0 Å². The highest BCUT2D eigenvalue weighted by molar-refractivity contribution is 7.21. The Bertz CT molecular complexity index is 3760. The van der Waals surface area contributed by atoms with E-state index in [1.807, 2.05) is 68.0 Å². The van der Waals surface area contributed by atoms with Gasteiger partial charge in [0.25, 0.3) is 0 Å². The van der Waals surface area contributed by atoms with E-state index in [0.717, 1.165) is 0 Å². The predicted molar refractivity (Wildman–Crippen MR) is 457 cm³/mol. The molecule has 0 saturated carbocycles. The normalized spacial score (nSPS) is 13.8. The lowest BCUT2D eigenvalue weighted by molar-refractivity contribution is 0.0967. The van der Waals surface area contributed by atoms with E-state index in [1.165, 1.54) is 125 Å². The minimum absolute atomic E-state index is 0.339. The molecule has 3 aromatic carbocycles. The molecule has 538 valence electrons. The Balaban J connectivity index is 0.000000207. The molecular formula is C80H122O6S6Si6. The second kappa shape index (κ2) is 29.4. The third-order valence-electron chi connectivity index (χ3n) is 16.2. The van der Waals surface area contributed by atoms with Crippen molar-refractivity contribution < 1.29 is 26.6 Å². The molecule has 6 heterocycles. The van der Waals surface area contributed by atoms with E-state index in [2.05, 4.69) is 327 Å². The summed E-state index contributed by atoms with van der Waals surface area (Å²) in [6.07, 6.45) is 0. The molecule has 9 rings (SSSR count). The van der Waals surface area contributed by atoms with E-state index in [4.69, 9.17) is 26.6 Å². The summed E-state index contributed by atoms with van der Waals surface area (Å²) in [5, 5.41) is 2.69. The first kappa shape index (κ1) is 82.7. The predicted octanol–water partition coefficient (Wildman–Crippen LogP) is 28.8. The van der Waals surface area contributed by atoms with Crippen molar-refractivity contribution in [2.24, 2.45) is 0 Å². The van der Waals surface area contributed by atoms with Crippen LogP contribution in [0.1, 0.15) is 146 Å². The summed E-state index contributed by atoms with van der Waals surface area (Å²) in [6.45, 7) is 81.0. The number of rotatable bonds is 22. The van der Waals surface area contributed by atoms with Gasteiger partial charge in [0.1, 0.15) is 0 Å². The summed E-state index contributed by atoms with van der Waals surface area (Å²) < 4.78 is 43.5. The highest BCUT2D eigenvalue weighted by Crippen LogP contribution is 2.53. The van der Waals surface area contributed by atoms with Crippen molar-refractivity contribution in [3.8, 4) is 41.8 Å². The maximum absolute atomic E-state index is 6.80. The van der Waals surface area contributed by atoms with Gasteiger partial charge in [0, 0.05) is 80.1 Å². The average Bonchev–Trinajstić information content (AvgIpc) is 1.54. The Kier molecular flexibility index (Phi) is 24.8. The molecule has 0 fully saturated rings. The van der Waals surface area contributed by atoms with Gasteiger partial charge in [0.05, 0.1) is 33.6 Å². The van der Waals surface area contributed by atoms with E-state index in [1.54, 1.807) is 0 Å². The lowest BCUT2D eigenvalue weighted by Gasteiger charge is -2.38. The molecule has 0 unspecified atom stereocenters. The zero-order valence-electron chi connectivity index (χ0n) is 67.0. The molecule has 0 radical (unpaired) electrons. The molecule has 6 nitrogen and oxygen atoms in total. The van der Waals surface area contributed by atoms with E-state index in [0.29, 0.717) is 0 Å². The number of fused-ring (bicyclic) bond motifs is 2. The zero-order valence-corrected chi connectivity index (χ0v) is 77.9. The summed E-state index contributed by atoms with van der Waals surface area (Å²) >= 11 is 11.2. The molecule has 0 N–H and O–H groups in total. The van der Waals surface area contributed by atoms with Crippen LogP contribution in [0, 0.1) is 41.5 Å². The van der Waals surface area contributed by atoms with Gasteiger partial charge in [0.2, 0.25) is 0 Å². The van der Waals surface area contributed by atoms with Crippen LogP contribution in [0.4, 0.5) is 0 Å². The van der Waals surface area contributed by atoms with Crippen LogP contribution in [-0.2, 0) is 60.2 Å². The fraction of sp³-hybridized carbons (Fsp3) is 0.525. The van der Waals surface area contributed by atoms with E-state index < -0.39 is 72.3 Å². The third kappa shape index (κ3) is 21.3. The smallest absolute Gasteiger partial charge is 0.184 e. The first-order chi connectivity index (χ1) is 44.2. The minimum atomic E-state index is -1.78. The summed E-state index contributed by atoms with van der Waals surface area (Å²) in [5.74, 6) is 0. The quantitative estimate of drug-likeness (QED) is 0.0630. The van der Waals surface area contributed by atoms with Gasteiger partial charge in [-0.3, -0.25) is 0 Å². The molecule has 98 heavy (non-hydrogen) atoms. The van der Waals surface area contributed by atoms with Gasteiger partial charge in [-0.25, -0.2) is 0 Å². The van der Waals surface area contributed by atoms with Gasteiger partial charge in [-0.05, 0) is 372 Å². The molecule has 18 heteroatoms. The first-order valence-corrected chi connectivity index (χ1v) is 60.4. The number of benzene rings is 3. The Morgan fingerprint density at radius 3 is 0.582 bits per heavy atom. The van der Waals surface area contributed by atoms with Crippen molar-refractivity contribution in [2.45, 2.75) is 276 Å². The van der Waals surface area contributed by atoms with Crippen LogP contribution in [0.15, 0.2) is 84.9 Å². The van der Waals surface area contributed by atoms with Crippen LogP contribution < -0.4 is 0 Å². The van der Waals surface area contributed by atoms with Gasteiger partial charge in [-0.2, -0.15) is 0 Å². The molecular weight excluding hydrogens is 1420 g/mol. The van der Waals surface area contributed by atoms with Gasteiger partial charge in [0.15, 0.2) is 49.9 Å². The molecule has 0 aliphatic heterocycles. The summed E-state index contributed by atoms with van der Waals surface area (Å²) in [5.41, 5.74) is 10.5. The van der Waals surface area contributed by atoms with E-state index >= 15 is 0 Å². The van der Waals surface area contributed by atoms with Gasteiger partial charge in [-0.1, -0.05) is 0 Å². The summed E-state index contributed by atoms with van der Waals surface area (Å²) in [7, 11) is -10.6. The molecule has 0 aliphatic rings.